The van der Waals surface area contributed by atoms with Crippen molar-refractivity contribution in [3.05, 3.63) is 24.0 Å². The van der Waals surface area contributed by atoms with Crippen LogP contribution in [0.5, 0.6) is 5.75 Å². The maximum absolute atomic E-state index is 10.7. The van der Waals surface area contributed by atoms with E-state index in [4.69, 9.17) is 15.9 Å². The molecule has 0 aliphatic carbocycles. The van der Waals surface area contributed by atoms with Crippen molar-refractivity contribution in [1.82, 2.24) is 4.98 Å². The molecule has 0 bridgehead atoms. The molecule has 0 unspecified atom stereocenters. The highest BCUT2D eigenvalue weighted by atomic mass is 16.5. The molecule has 0 atom stereocenters. The van der Waals surface area contributed by atoms with Crippen molar-refractivity contribution < 1.29 is 9.53 Å². The van der Waals surface area contributed by atoms with Crippen molar-refractivity contribution in [3.8, 4) is 5.75 Å². The normalized spacial score (nSPS) is 9.81. The van der Waals surface area contributed by atoms with Crippen LogP contribution in [0.15, 0.2) is 18.5 Å². The van der Waals surface area contributed by atoms with Crippen LogP contribution >= 0.6 is 0 Å². The first-order chi connectivity index (χ1) is 7.63. The fourth-order valence-electron chi connectivity index (χ4n) is 1.38. The first-order valence-electron chi connectivity index (χ1n) is 5.10. The number of amides is 1. The highest BCUT2D eigenvalue weighted by Gasteiger charge is 2.08. The zero-order valence-corrected chi connectivity index (χ0v) is 9.19. The van der Waals surface area contributed by atoms with E-state index in [0.717, 1.165) is 18.4 Å². The number of nitrogens with two attached hydrogens (primary N) is 1. The molecule has 1 aromatic heterocycles. The first kappa shape index (κ1) is 12.2. The Labute approximate surface area is 94.1 Å². The summed E-state index contributed by atoms with van der Waals surface area (Å²) in [5, 5.41) is 7.71. The second kappa shape index (κ2) is 5.85. The molecule has 86 valence electrons. The molecular formula is C11H15N3O2. The van der Waals surface area contributed by atoms with Crippen molar-refractivity contribution in [1.29, 1.82) is 5.41 Å². The van der Waals surface area contributed by atoms with Gasteiger partial charge >= 0.3 is 6.09 Å². The van der Waals surface area contributed by atoms with E-state index in [0.29, 0.717) is 17.9 Å². The van der Waals surface area contributed by atoms with E-state index in [1.165, 1.54) is 6.20 Å². The highest BCUT2D eigenvalue weighted by molar-refractivity contribution is 5.84. The molecule has 1 heterocycles. The number of nitrogens with one attached hydrogen (secondary N) is 1. The zero-order chi connectivity index (χ0) is 12.0. The Balaban J connectivity index is 2.78. The smallest absolute Gasteiger partial charge is 0.409 e. The van der Waals surface area contributed by atoms with E-state index < -0.39 is 6.09 Å². The molecular weight excluding hydrogens is 206 g/mol. The average Bonchev–Trinajstić information content (AvgIpc) is 2.20. The number of rotatable bonds is 5. The van der Waals surface area contributed by atoms with Crippen molar-refractivity contribution in [2.24, 2.45) is 5.73 Å². The Morgan fingerprint density at radius 3 is 3.00 bits per heavy atom. The molecule has 0 spiro atoms. The fourth-order valence-corrected chi connectivity index (χ4v) is 1.38. The molecule has 16 heavy (non-hydrogen) atoms. The number of hydrogen-bond donors (Lipinski definition) is 2. The Morgan fingerprint density at radius 1 is 1.62 bits per heavy atom. The number of primary amides is 1. The molecule has 0 aliphatic rings. The SMILES string of the molecule is CCCC(=N)Cc1ccncc1OC(N)=O. The van der Waals surface area contributed by atoms with E-state index in [1.807, 2.05) is 6.92 Å². The van der Waals surface area contributed by atoms with Crippen LogP contribution in [0.3, 0.4) is 0 Å². The van der Waals surface area contributed by atoms with Gasteiger partial charge in [-0.1, -0.05) is 13.3 Å². The fraction of sp³-hybridized carbons (Fsp3) is 0.364. The van der Waals surface area contributed by atoms with Crippen molar-refractivity contribution in [2.45, 2.75) is 26.2 Å². The number of pyridine rings is 1. The number of carbonyl (C=O) groups is 1. The van der Waals surface area contributed by atoms with E-state index in [-0.39, 0.29) is 0 Å². The molecule has 3 N–H and O–H groups in total. The molecule has 0 fully saturated rings. The van der Waals surface area contributed by atoms with Crippen molar-refractivity contribution in [2.75, 3.05) is 0 Å². The van der Waals surface area contributed by atoms with E-state index >= 15 is 0 Å². The average molecular weight is 221 g/mol. The highest BCUT2D eigenvalue weighted by Crippen LogP contribution is 2.17. The van der Waals surface area contributed by atoms with Crippen LogP contribution in [-0.4, -0.2) is 16.8 Å². The summed E-state index contributed by atoms with van der Waals surface area (Å²) >= 11 is 0. The molecule has 0 radical (unpaired) electrons. The summed E-state index contributed by atoms with van der Waals surface area (Å²) in [7, 11) is 0. The lowest BCUT2D eigenvalue weighted by atomic mass is 10.1. The number of nitrogens with zero attached hydrogens (tertiary/aromatic N) is 1. The maximum Gasteiger partial charge on any atom is 0.410 e. The van der Waals surface area contributed by atoms with Gasteiger partial charge in [0.25, 0.3) is 0 Å². The molecule has 1 rings (SSSR count). The van der Waals surface area contributed by atoms with Gasteiger partial charge in [-0.3, -0.25) is 4.98 Å². The third-order valence-electron chi connectivity index (χ3n) is 2.04. The monoisotopic (exact) mass is 221 g/mol. The summed E-state index contributed by atoms with van der Waals surface area (Å²) in [6.07, 6.45) is 4.28. The van der Waals surface area contributed by atoms with Crippen LogP contribution in [0.4, 0.5) is 4.79 Å². The molecule has 5 heteroatoms. The standard InChI is InChI=1S/C11H15N3O2/c1-2-3-9(12)6-8-4-5-14-7-10(8)16-11(13)15/h4-5,7,12H,2-3,6H2,1H3,(H2,13,15). The van der Waals surface area contributed by atoms with Gasteiger partial charge in [0.1, 0.15) is 0 Å². The molecule has 0 saturated carbocycles. The van der Waals surface area contributed by atoms with Crippen molar-refractivity contribution >= 4 is 11.8 Å². The van der Waals surface area contributed by atoms with Gasteiger partial charge in [-0.2, -0.15) is 0 Å². The van der Waals surface area contributed by atoms with Gasteiger partial charge in [-0.05, 0) is 12.5 Å². The van der Waals surface area contributed by atoms with Crippen LogP contribution < -0.4 is 10.5 Å². The molecule has 0 aliphatic heterocycles. The topological polar surface area (TPSA) is 89.1 Å². The van der Waals surface area contributed by atoms with Crippen LogP contribution in [0.1, 0.15) is 25.3 Å². The minimum Gasteiger partial charge on any atom is -0.409 e. The lowest BCUT2D eigenvalue weighted by molar-refractivity contribution is 0.210. The lowest BCUT2D eigenvalue weighted by Crippen LogP contribution is -2.17. The number of hydrogen-bond acceptors (Lipinski definition) is 4. The quantitative estimate of drug-likeness (QED) is 0.744. The van der Waals surface area contributed by atoms with E-state index in [1.54, 1.807) is 12.3 Å². The second-order valence-corrected chi connectivity index (χ2v) is 3.43. The van der Waals surface area contributed by atoms with Gasteiger partial charge in [-0.25, -0.2) is 4.79 Å². The van der Waals surface area contributed by atoms with Crippen LogP contribution in [0, 0.1) is 5.41 Å². The van der Waals surface area contributed by atoms with Gasteiger partial charge in [0.15, 0.2) is 5.75 Å². The lowest BCUT2D eigenvalue weighted by Gasteiger charge is -2.08. The molecule has 0 saturated heterocycles. The number of aromatic nitrogens is 1. The summed E-state index contributed by atoms with van der Waals surface area (Å²) in [5.41, 5.74) is 6.30. The second-order valence-electron chi connectivity index (χ2n) is 3.43. The molecule has 0 aromatic carbocycles. The minimum atomic E-state index is -0.865. The molecule has 5 nitrogen and oxygen atoms in total. The minimum absolute atomic E-state index is 0.329. The molecule has 1 amide bonds. The number of carbonyl (C=O) groups excluding carboxylic acids is 1. The third kappa shape index (κ3) is 3.68. The van der Waals surface area contributed by atoms with Crippen LogP contribution in [-0.2, 0) is 6.42 Å². The van der Waals surface area contributed by atoms with Crippen LogP contribution in [0.2, 0.25) is 0 Å². The Morgan fingerprint density at radius 2 is 2.38 bits per heavy atom. The predicted octanol–water partition coefficient (Wildman–Crippen LogP) is 1.90. The zero-order valence-electron chi connectivity index (χ0n) is 9.19. The summed E-state index contributed by atoms with van der Waals surface area (Å²) in [5.74, 6) is 0.329. The Kier molecular flexibility index (Phi) is 4.44. The summed E-state index contributed by atoms with van der Waals surface area (Å²) in [6, 6.07) is 1.72. The number of ether oxygens (including phenoxy) is 1. The van der Waals surface area contributed by atoms with Gasteiger partial charge in [-0.15, -0.1) is 0 Å². The van der Waals surface area contributed by atoms with Gasteiger partial charge < -0.3 is 15.9 Å². The van der Waals surface area contributed by atoms with Crippen molar-refractivity contribution in [3.63, 3.8) is 0 Å². The van der Waals surface area contributed by atoms with Gasteiger partial charge in [0.2, 0.25) is 0 Å². The van der Waals surface area contributed by atoms with Gasteiger partial charge in [0.05, 0.1) is 6.20 Å². The maximum atomic E-state index is 10.7. The Bertz CT molecular complexity index is 391. The first-order valence-corrected chi connectivity index (χ1v) is 5.10. The molecule has 1 aromatic rings. The summed E-state index contributed by atoms with van der Waals surface area (Å²) in [6.45, 7) is 2.02. The third-order valence-corrected chi connectivity index (χ3v) is 2.04. The van der Waals surface area contributed by atoms with Crippen LogP contribution in [0.25, 0.3) is 0 Å². The van der Waals surface area contributed by atoms with E-state index in [2.05, 4.69) is 4.98 Å². The van der Waals surface area contributed by atoms with Gasteiger partial charge in [0, 0.05) is 23.9 Å². The Hall–Kier alpha value is -1.91. The van der Waals surface area contributed by atoms with E-state index in [9.17, 15) is 4.79 Å². The largest absolute Gasteiger partial charge is 0.410 e. The predicted molar refractivity (Wildman–Crippen MR) is 60.8 cm³/mol. The summed E-state index contributed by atoms with van der Waals surface area (Å²) < 4.78 is 4.80. The summed E-state index contributed by atoms with van der Waals surface area (Å²) in [4.78, 5) is 14.5.